The maximum absolute atomic E-state index is 14.7. The van der Waals surface area contributed by atoms with Gasteiger partial charge in [-0.15, -0.1) is 0 Å². The molecule has 65 heavy (non-hydrogen) atoms. The topological polar surface area (TPSA) is 239 Å². The van der Waals surface area contributed by atoms with Crippen molar-refractivity contribution in [2.45, 2.75) is 78.3 Å². The molecule has 3 aromatic carbocycles. The van der Waals surface area contributed by atoms with Crippen LogP contribution in [0.25, 0.3) is 16.8 Å². The van der Waals surface area contributed by atoms with Gasteiger partial charge in [0.25, 0.3) is 0 Å². The number of nitriles is 1. The molecule has 5 rings (SSSR count). The van der Waals surface area contributed by atoms with Crippen LogP contribution < -0.4 is 32.0 Å². The van der Waals surface area contributed by atoms with Crippen LogP contribution in [-0.4, -0.2) is 89.8 Å². The number of fused-ring (bicyclic) bond motifs is 5. The molecule has 4 bridgehead atoms. The van der Waals surface area contributed by atoms with Crippen LogP contribution in [0, 0.1) is 47.8 Å². The summed E-state index contributed by atoms with van der Waals surface area (Å²) in [6.07, 6.45) is 3.19. The quantitative estimate of drug-likeness (QED) is 0.0828. The van der Waals surface area contributed by atoms with Crippen LogP contribution in [0.2, 0.25) is 0 Å². The van der Waals surface area contributed by atoms with E-state index < -0.39 is 41.5 Å². The molecule has 0 unspecified atom stereocenters. The molecule has 0 radical (unpaired) electrons. The first-order chi connectivity index (χ1) is 31.2. The number of hydrogen-bond donors (Lipinski definition) is 4. The Kier molecular flexibility index (Phi) is 17.7. The molecule has 2 amide bonds. The lowest BCUT2D eigenvalue weighted by Crippen LogP contribution is -2.46. The van der Waals surface area contributed by atoms with Gasteiger partial charge in [0, 0.05) is 86.5 Å². The molecule has 4 aromatic rings. The van der Waals surface area contributed by atoms with E-state index in [0.29, 0.717) is 44.9 Å². The number of carbonyl (C=O) groups is 5. The number of rotatable bonds is 17. The molecule has 7 N–H and O–H groups in total. The van der Waals surface area contributed by atoms with Crippen molar-refractivity contribution in [3.05, 3.63) is 94.8 Å². The normalized spacial score (nSPS) is 16.6. The highest BCUT2D eigenvalue weighted by molar-refractivity contribution is 6.01. The summed E-state index contributed by atoms with van der Waals surface area (Å²) >= 11 is 0. The minimum absolute atomic E-state index is 0.0302. The van der Waals surface area contributed by atoms with E-state index in [1.54, 1.807) is 60.3 Å². The first-order valence-corrected chi connectivity index (χ1v) is 22.0. The van der Waals surface area contributed by atoms with Crippen molar-refractivity contribution in [3.63, 3.8) is 0 Å². The van der Waals surface area contributed by atoms with E-state index >= 15 is 0 Å². The summed E-state index contributed by atoms with van der Waals surface area (Å²) in [7, 11) is 1.51. The number of hydrogen-bond acceptors (Lipinski definition) is 12. The summed E-state index contributed by atoms with van der Waals surface area (Å²) in [6.45, 7) is 8.30. The smallest absolute Gasteiger partial charge is 0.226 e. The van der Waals surface area contributed by atoms with Gasteiger partial charge < -0.3 is 36.9 Å². The predicted molar refractivity (Wildman–Crippen MR) is 247 cm³/mol. The van der Waals surface area contributed by atoms with Gasteiger partial charge in [-0.2, -0.15) is 10.4 Å². The van der Waals surface area contributed by atoms with Crippen molar-refractivity contribution in [2.75, 3.05) is 39.9 Å². The van der Waals surface area contributed by atoms with Gasteiger partial charge in [0.05, 0.1) is 29.6 Å². The van der Waals surface area contributed by atoms with Crippen LogP contribution in [0.1, 0.15) is 91.5 Å². The lowest BCUT2D eigenvalue weighted by molar-refractivity contribution is -0.142. The average molecular weight is 885 g/mol. The predicted octanol–water partition coefficient (Wildman–Crippen LogP) is 4.78. The van der Waals surface area contributed by atoms with Crippen molar-refractivity contribution < 1.29 is 33.4 Å². The molecule has 4 atom stereocenters. The molecule has 15 heteroatoms. The zero-order chi connectivity index (χ0) is 47.2. The number of Topliss-reactive ketones (excluding diaryl/α,β-unsaturated/α-hetero) is 3. The van der Waals surface area contributed by atoms with Gasteiger partial charge in [-0.3, -0.25) is 24.0 Å². The zero-order valence-electron chi connectivity index (χ0n) is 37.9. The highest BCUT2D eigenvalue weighted by Gasteiger charge is 2.36. The molecule has 0 saturated carbocycles. The van der Waals surface area contributed by atoms with E-state index in [0.717, 1.165) is 11.3 Å². The summed E-state index contributed by atoms with van der Waals surface area (Å²) in [5.74, 6) is 3.42. The second-order valence-electron chi connectivity index (χ2n) is 16.7. The SMILES string of the molecule is Cc1cc(-n2cc(C#CC(C)C)cn2)ccc1C(=O)C[C@@H](CCN)C(=O)N(C)[C@@H]1C(=O)C[C@@H](C)C(=O)N[C@H](C(=O)CCC#N)Cc2ccc(OCCN)c(c2)-c2cc1ccc2OCCN. The third-order valence-electron chi connectivity index (χ3n) is 11.2. The molecule has 0 spiro atoms. The molecule has 342 valence electrons. The molecule has 15 nitrogen and oxygen atoms in total. The lowest BCUT2D eigenvalue weighted by Gasteiger charge is -2.32. The number of amides is 2. The Labute approximate surface area is 381 Å². The van der Waals surface area contributed by atoms with Crippen LogP contribution in [0.3, 0.4) is 0 Å². The van der Waals surface area contributed by atoms with Gasteiger partial charge in [0.2, 0.25) is 11.8 Å². The van der Waals surface area contributed by atoms with Crippen LogP contribution >= 0.6 is 0 Å². The number of nitrogens with zero attached hydrogens (tertiary/aromatic N) is 4. The van der Waals surface area contributed by atoms with E-state index in [1.807, 2.05) is 45.2 Å². The molecule has 1 aliphatic heterocycles. The molecule has 1 aliphatic rings. The van der Waals surface area contributed by atoms with Gasteiger partial charge in [-0.1, -0.05) is 44.7 Å². The van der Waals surface area contributed by atoms with E-state index in [-0.39, 0.29) is 88.9 Å². The maximum atomic E-state index is 14.7. The van der Waals surface area contributed by atoms with E-state index in [1.165, 1.54) is 11.9 Å². The van der Waals surface area contributed by atoms with Crippen LogP contribution in [0.5, 0.6) is 11.5 Å². The fourth-order valence-corrected chi connectivity index (χ4v) is 7.83. The lowest BCUT2D eigenvalue weighted by atomic mass is 9.88. The summed E-state index contributed by atoms with van der Waals surface area (Å²) in [4.78, 5) is 72.1. The molecule has 0 saturated heterocycles. The molecule has 0 aliphatic carbocycles. The zero-order valence-corrected chi connectivity index (χ0v) is 37.9. The van der Waals surface area contributed by atoms with Gasteiger partial charge in [-0.05, 0) is 85.5 Å². The van der Waals surface area contributed by atoms with E-state index in [4.69, 9.17) is 26.7 Å². The van der Waals surface area contributed by atoms with Gasteiger partial charge in [0.15, 0.2) is 17.3 Å². The number of carbonyl (C=O) groups excluding carboxylic acids is 5. The fourth-order valence-electron chi connectivity index (χ4n) is 7.83. The number of likely N-dealkylation sites (N-methyl/N-ethyl adjacent to an activating group) is 1. The number of nitrogens with two attached hydrogens (primary N) is 3. The summed E-state index contributed by atoms with van der Waals surface area (Å²) in [5, 5.41) is 16.5. The van der Waals surface area contributed by atoms with E-state index in [2.05, 4.69) is 22.3 Å². The molecule has 0 fully saturated rings. The second kappa shape index (κ2) is 23.3. The number of ketones is 3. The third-order valence-corrected chi connectivity index (χ3v) is 11.2. The Hall–Kier alpha value is -6.65. The number of aromatic nitrogens is 2. The van der Waals surface area contributed by atoms with E-state index in [9.17, 15) is 29.2 Å². The monoisotopic (exact) mass is 884 g/mol. The Morgan fingerprint density at radius 1 is 0.954 bits per heavy atom. The summed E-state index contributed by atoms with van der Waals surface area (Å²) < 4.78 is 13.9. The Balaban J connectivity index is 1.55. The van der Waals surface area contributed by atoms with Crippen molar-refractivity contribution in [2.24, 2.45) is 35.0 Å². The number of nitrogens with one attached hydrogen (secondary N) is 1. The minimum Gasteiger partial charge on any atom is -0.492 e. The van der Waals surface area contributed by atoms with Gasteiger partial charge >= 0.3 is 0 Å². The van der Waals surface area contributed by atoms with Crippen molar-refractivity contribution >= 4 is 29.2 Å². The standard InChI is InChI=1S/C50H60N8O7/c1-31(2)8-9-35-29-55-58(30-35)38-12-13-39(32(3)23-38)44(60)28-37(16-18-52)50(63)57(5)48-36-11-15-47(65-22-20-54)41(27-36)40-25-34(10-14-46(40)64-21-19-53)26-42(43(59)7-6-17-51)56-49(62)33(4)24-45(48)61/h10-15,23,25,27,29-31,33,37,42,48H,6-7,16,18-22,24,26,28,52-54H2,1-5H3,(H,56,62)/t33-,37-,42+,48+/m1/s1. The summed E-state index contributed by atoms with van der Waals surface area (Å²) in [6, 6.07) is 15.6. The van der Waals surface area contributed by atoms with Crippen molar-refractivity contribution in [1.82, 2.24) is 20.0 Å². The van der Waals surface area contributed by atoms with Gasteiger partial charge in [-0.25, -0.2) is 4.68 Å². The van der Waals surface area contributed by atoms with Crippen molar-refractivity contribution in [3.8, 4) is 46.2 Å². The maximum Gasteiger partial charge on any atom is 0.226 e. The average Bonchev–Trinajstić information content (AvgIpc) is 3.77. The van der Waals surface area contributed by atoms with Gasteiger partial charge in [0.1, 0.15) is 30.8 Å². The second-order valence-corrected chi connectivity index (χ2v) is 16.7. The summed E-state index contributed by atoms with van der Waals surface area (Å²) in [5.41, 5.74) is 22.6. The third kappa shape index (κ3) is 12.8. The number of ether oxygens (including phenoxy) is 2. The Bertz CT molecular complexity index is 2480. The highest BCUT2D eigenvalue weighted by Crippen LogP contribution is 2.41. The Morgan fingerprint density at radius 2 is 1.65 bits per heavy atom. The Morgan fingerprint density at radius 3 is 2.29 bits per heavy atom. The molecular formula is C50H60N8O7. The first kappa shape index (κ1) is 49.4. The van der Waals surface area contributed by atoms with Crippen molar-refractivity contribution in [1.29, 1.82) is 5.26 Å². The fraction of sp³-hybridized carbons (Fsp3) is 0.420. The number of aryl methyl sites for hydroxylation is 1. The molecular weight excluding hydrogens is 825 g/mol. The minimum atomic E-state index is -1.23. The molecule has 2 heterocycles. The highest BCUT2D eigenvalue weighted by atomic mass is 16.5. The molecule has 1 aromatic heterocycles. The van der Waals surface area contributed by atoms with Crippen LogP contribution in [0.4, 0.5) is 0 Å². The number of benzene rings is 3. The van der Waals surface area contributed by atoms with Crippen LogP contribution in [-0.2, 0) is 25.6 Å². The first-order valence-electron chi connectivity index (χ1n) is 22.0. The van der Waals surface area contributed by atoms with Crippen LogP contribution in [0.15, 0.2) is 67.0 Å². The largest absolute Gasteiger partial charge is 0.492 e.